The smallest absolute Gasteiger partial charge is 0.408 e. The number of halogens is 2. The molecule has 0 atom stereocenters. The first-order chi connectivity index (χ1) is 9.54. The van der Waals surface area contributed by atoms with Crippen molar-refractivity contribution in [3.05, 3.63) is 63.4 Å². The number of fused-ring (bicyclic) bond motifs is 1. The van der Waals surface area contributed by atoms with Gasteiger partial charge in [-0.25, -0.2) is 9.18 Å². The van der Waals surface area contributed by atoms with Gasteiger partial charge in [-0.15, -0.1) is 0 Å². The summed E-state index contributed by atoms with van der Waals surface area (Å²) in [6.07, 6.45) is 0. The third-order valence-electron chi connectivity index (χ3n) is 3.04. The van der Waals surface area contributed by atoms with Crippen LogP contribution >= 0.6 is 11.6 Å². The third-order valence-corrected chi connectivity index (χ3v) is 3.27. The molecule has 2 N–H and O–H groups in total. The van der Waals surface area contributed by atoms with Crippen LogP contribution in [0, 0.1) is 5.82 Å². The zero-order chi connectivity index (χ0) is 14.3. The predicted octanol–water partition coefficient (Wildman–Crippen LogP) is 3.02. The minimum absolute atomic E-state index is 0.0539. The Hall–Kier alpha value is -2.27. The highest BCUT2D eigenvalue weighted by Gasteiger charge is 2.12. The molecule has 102 valence electrons. The van der Waals surface area contributed by atoms with E-state index >= 15 is 0 Å². The normalized spacial score (nSPS) is 11.1. The second-order valence-electron chi connectivity index (χ2n) is 4.42. The van der Waals surface area contributed by atoms with Gasteiger partial charge in [0.1, 0.15) is 5.82 Å². The molecule has 0 aliphatic rings. The first-order valence-corrected chi connectivity index (χ1v) is 6.25. The molecule has 1 aromatic heterocycles. The Morgan fingerprint density at radius 1 is 1.25 bits per heavy atom. The third kappa shape index (κ3) is 2.16. The Labute approximate surface area is 118 Å². The van der Waals surface area contributed by atoms with E-state index < -0.39 is 11.6 Å². The van der Waals surface area contributed by atoms with Gasteiger partial charge < -0.3 is 10.2 Å². The van der Waals surface area contributed by atoms with Gasteiger partial charge in [-0.05, 0) is 30.3 Å². The number of aromatic nitrogens is 1. The number of nitrogens with zero attached hydrogens (tertiary/aromatic N) is 1. The highest BCUT2D eigenvalue weighted by molar-refractivity contribution is 6.30. The zero-order valence-corrected chi connectivity index (χ0v) is 11.0. The lowest BCUT2D eigenvalue weighted by Gasteiger charge is -2.05. The Balaban J connectivity index is 2.12. The van der Waals surface area contributed by atoms with Crippen LogP contribution in [0.2, 0.25) is 5.02 Å². The minimum atomic E-state index is -0.556. The Morgan fingerprint density at radius 3 is 2.80 bits per heavy atom. The van der Waals surface area contributed by atoms with Crippen molar-refractivity contribution in [3.8, 4) is 0 Å². The van der Waals surface area contributed by atoms with Crippen LogP contribution in [-0.4, -0.2) is 4.57 Å². The van der Waals surface area contributed by atoms with Crippen molar-refractivity contribution in [1.29, 1.82) is 0 Å². The summed E-state index contributed by atoms with van der Waals surface area (Å²) < 4.78 is 20.2. The van der Waals surface area contributed by atoms with Gasteiger partial charge in [0.15, 0.2) is 5.58 Å². The molecule has 0 radical (unpaired) electrons. The summed E-state index contributed by atoms with van der Waals surface area (Å²) in [5.74, 6) is -1.03. The number of benzene rings is 2. The fraction of sp³-hybridized carbons (Fsp3) is 0.0714. The summed E-state index contributed by atoms with van der Waals surface area (Å²) in [6.45, 7) is 0.0539. The van der Waals surface area contributed by atoms with Gasteiger partial charge in [-0.3, -0.25) is 4.57 Å². The molecule has 3 rings (SSSR count). The van der Waals surface area contributed by atoms with Gasteiger partial charge in [0.2, 0.25) is 0 Å². The maximum Gasteiger partial charge on any atom is 0.420 e. The number of hydrogen-bond acceptors (Lipinski definition) is 3. The van der Waals surface area contributed by atoms with E-state index in [1.165, 1.54) is 16.7 Å². The quantitative estimate of drug-likeness (QED) is 0.739. The first-order valence-electron chi connectivity index (χ1n) is 5.87. The standard InChI is InChI=1S/C14H10ClFN2O2/c15-9-2-1-8(11(16)5-9)7-18-12-6-10(17)3-4-13(12)20-14(18)19/h1-6H,7,17H2. The minimum Gasteiger partial charge on any atom is -0.408 e. The van der Waals surface area contributed by atoms with Crippen LogP contribution < -0.4 is 11.5 Å². The summed E-state index contributed by atoms with van der Waals surface area (Å²) in [4.78, 5) is 11.8. The van der Waals surface area contributed by atoms with Crippen LogP contribution in [-0.2, 0) is 6.54 Å². The van der Waals surface area contributed by atoms with Gasteiger partial charge in [-0.2, -0.15) is 0 Å². The SMILES string of the molecule is Nc1ccc2oc(=O)n(Cc3ccc(Cl)cc3F)c2c1. The molecule has 0 saturated carbocycles. The van der Waals surface area contributed by atoms with Crippen LogP contribution in [0.4, 0.5) is 10.1 Å². The number of hydrogen-bond donors (Lipinski definition) is 1. The van der Waals surface area contributed by atoms with E-state index in [-0.39, 0.29) is 6.54 Å². The van der Waals surface area contributed by atoms with Gasteiger partial charge in [0.25, 0.3) is 0 Å². The van der Waals surface area contributed by atoms with E-state index in [9.17, 15) is 9.18 Å². The lowest BCUT2D eigenvalue weighted by atomic mass is 10.2. The van der Waals surface area contributed by atoms with E-state index in [1.807, 2.05) is 0 Å². The monoisotopic (exact) mass is 292 g/mol. The van der Waals surface area contributed by atoms with Gasteiger partial charge in [0.05, 0.1) is 12.1 Å². The molecule has 0 spiro atoms. The van der Waals surface area contributed by atoms with E-state index in [0.717, 1.165) is 0 Å². The van der Waals surface area contributed by atoms with Crippen LogP contribution in [0.5, 0.6) is 0 Å². The molecule has 2 aromatic carbocycles. The van der Waals surface area contributed by atoms with Crippen LogP contribution in [0.15, 0.2) is 45.6 Å². The number of nitrogens with two attached hydrogens (primary N) is 1. The largest absolute Gasteiger partial charge is 0.420 e. The fourth-order valence-corrected chi connectivity index (χ4v) is 2.21. The van der Waals surface area contributed by atoms with Crippen LogP contribution in [0.1, 0.15) is 5.56 Å². The summed E-state index contributed by atoms with van der Waals surface area (Å²) in [7, 11) is 0. The number of oxazole rings is 1. The maximum atomic E-state index is 13.8. The van der Waals surface area contributed by atoms with Crippen LogP contribution in [0.25, 0.3) is 11.1 Å². The van der Waals surface area contributed by atoms with E-state index in [0.29, 0.717) is 27.4 Å². The predicted molar refractivity (Wildman–Crippen MR) is 75.4 cm³/mol. The van der Waals surface area contributed by atoms with E-state index in [1.54, 1.807) is 24.3 Å². The summed E-state index contributed by atoms with van der Waals surface area (Å²) in [6, 6.07) is 9.18. The molecular formula is C14H10ClFN2O2. The molecule has 20 heavy (non-hydrogen) atoms. The molecule has 0 aliphatic carbocycles. The molecular weight excluding hydrogens is 283 g/mol. The Bertz CT molecular complexity index is 854. The summed E-state index contributed by atoms with van der Waals surface area (Å²) >= 11 is 5.70. The molecule has 3 aromatic rings. The lowest BCUT2D eigenvalue weighted by molar-refractivity contribution is 0.512. The number of nitrogen functional groups attached to an aromatic ring is 1. The van der Waals surface area contributed by atoms with Gasteiger partial charge >= 0.3 is 5.76 Å². The van der Waals surface area contributed by atoms with Crippen molar-refractivity contribution >= 4 is 28.4 Å². The van der Waals surface area contributed by atoms with Crippen molar-refractivity contribution in [2.75, 3.05) is 5.73 Å². The second-order valence-corrected chi connectivity index (χ2v) is 4.85. The second kappa shape index (κ2) is 4.68. The molecule has 1 heterocycles. The molecule has 4 nitrogen and oxygen atoms in total. The highest BCUT2D eigenvalue weighted by atomic mass is 35.5. The highest BCUT2D eigenvalue weighted by Crippen LogP contribution is 2.20. The van der Waals surface area contributed by atoms with E-state index in [2.05, 4.69) is 0 Å². The average molecular weight is 293 g/mol. The van der Waals surface area contributed by atoms with Gasteiger partial charge in [0, 0.05) is 16.3 Å². The van der Waals surface area contributed by atoms with Crippen molar-refractivity contribution < 1.29 is 8.81 Å². The van der Waals surface area contributed by atoms with Crippen molar-refractivity contribution in [3.63, 3.8) is 0 Å². The van der Waals surface area contributed by atoms with Gasteiger partial charge in [-0.1, -0.05) is 17.7 Å². The molecule has 6 heteroatoms. The van der Waals surface area contributed by atoms with Crippen molar-refractivity contribution in [2.45, 2.75) is 6.54 Å². The number of rotatable bonds is 2. The molecule has 0 amide bonds. The molecule has 0 unspecified atom stereocenters. The fourth-order valence-electron chi connectivity index (χ4n) is 2.05. The van der Waals surface area contributed by atoms with Crippen molar-refractivity contribution in [1.82, 2.24) is 4.57 Å². The molecule has 0 aliphatic heterocycles. The summed E-state index contributed by atoms with van der Waals surface area (Å²) in [5.41, 5.74) is 7.50. The van der Waals surface area contributed by atoms with E-state index in [4.69, 9.17) is 21.8 Å². The summed E-state index contributed by atoms with van der Waals surface area (Å²) in [5, 5.41) is 0.305. The number of anilines is 1. The first kappa shape index (κ1) is 12.7. The molecule has 0 saturated heterocycles. The van der Waals surface area contributed by atoms with Crippen LogP contribution in [0.3, 0.4) is 0 Å². The average Bonchev–Trinajstić information content (AvgIpc) is 2.69. The lowest BCUT2D eigenvalue weighted by Crippen LogP contribution is -2.15. The Kier molecular flexibility index (Phi) is 2.99. The zero-order valence-electron chi connectivity index (χ0n) is 10.3. The van der Waals surface area contributed by atoms with Crippen molar-refractivity contribution in [2.24, 2.45) is 0 Å². The maximum absolute atomic E-state index is 13.8. The molecule has 0 bridgehead atoms. The topological polar surface area (TPSA) is 61.2 Å². The Morgan fingerprint density at radius 2 is 2.05 bits per heavy atom. The molecule has 0 fully saturated rings.